The first-order valence-electron chi connectivity index (χ1n) is 20.9. The summed E-state index contributed by atoms with van der Waals surface area (Å²) in [7, 11) is 0. The molecule has 0 spiro atoms. The predicted molar refractivity (Wildman–Crippen MR) is 270 cm³/mol. The molecule has 0 atom stereocenters. The summed E-state index contributed by atoms with van der Waals surface area (Å²) < 4.78 is 2.55. The Labute approximate surface area is 371 Å². The van der Waals surface area contributed by atoms with Crippen molar-refractivity contribution in [3.63, 3.8) is 0 Å². The molecule has 1 heterocycles. The van der Waals surface area contributed by atoms with Gasteiger partial charge in [-0.3, -0.25) is 0 Å². The fourth-order valence-electron chi connectivity index (χ4n) is 8.85. The van der Waals surface area contributed by atoms with Gasteiger partial charge in [-0.05, 0) is 117 Å². The number of anilines is 6. The first kappa shape index (κ1) is 37.6. The fraction of sp³-hybridized carbons (Fsp3) is 0. The van der Waals surface area contributed by atoms with Crippen molar-refractivity contribution in [3.8, 4) is 33.4 Å². The van der Waals surface area contributed by atoms with Gasteiger partial charge in [0.05, 0.1) is 16.1 Å². The summed E-state index contributed by atoms with van der Waals surface area (Å²) in [5, 5.41) is 4.87. The molecule has 0 saturated heterocycles. The molecule has 0 fully saturated rings. The predicted octanol–water partition coefficient (Wildman–Crippen LogP) is 17.4. The minimum Gasteiger partial charge on any atom is -0.310 e. The minimum absolute atomic E-state index is 0.946. The molecule has 0 bridgehead atoms. The van der Waals surface area contributed by atoms with Gasteiger partial charge in [-0.2, -0.15) is 0 Å². The monoisotopic (exact) mass is 828 g/mol. The van der Waals surface area contributed by atoms with Crippen molar-refractivity contribution in [3.05, 3.63) is 237 Å². The molecule has 0 radical (unpaired) electrons. The number of nitrogens with zero attached hydrogens (tertiary/aromatic N) is 2. The molecule has 294 valence electrons. The van der Waals surface area contributed by atoms with E-state index in [4.69, 9.17) is 12.6 Å². The average molecular weight is 829 g/mol. The highest BCUT2D eigenvalue weighted by Gasteiger charge is 2.23. The van der Waals surface area contributed by atoms with Gasteiger partial charge in [0.25, 0.3) is 0 Å². The summed E-state index contributed by atoms with van der Waals surface area (Å²) in [4.78, 5) is 5.80. The van der Waals surface area contributed by atoms with Crippen LogP contribution in [0, 0.1) is 0 Å². The van der Waals surface area contributed by atoms with Crippen LogP contribution in [0.5, 0.6) is 0 Å². The molecule has 0 aliphatic rings. The van der Waals surface area contributed by atoms with E-state index in [0.29, 0.717) is 0 Å². The highest BCUT2D eigenvalue weighted by atomic mass is 32.1. The van der Waals surface area contributed by atoms with Crippen molar-refractivity contribution in [2.45, 2.75) is 4.90 Å². The molecule has 2 nitrogen and oxygen atoms in total. The maximum absolute atomic E-state index is 4.87. The zero-order valence-corrected chi connectivity index (χ0v) is 35.5. The van der Waals surface area contributed by atoms with Crippen LogP contribution in [0.4, 0.5) is 34.1 Å². The highest BCUT2D eigenvalue weighted by molar-refractivity contribution is 7.80. The molecule has 4 heteroatoms. The maximum Gasteiger partial charge on any atom is 0.0640 e. The van der Waals surface area contributed by atoms with Crippen LogP contribution in [0.2, 0.25) is 0 Å². The van der Waals surface area contributed by atoms with Gasteiger partial charge in [-0.15, -0.1) is 24.0 Å². The third-order valence-corrected chi connectivity index (χ3v) is 13.3. The Bertz CT molecular complexity index is 3360. The van der Waals surface area contributed by atoms with Crippen molar-refractivity contribution < 1.29 is 0 Å². The normalized spacial score (nSPS) is 11.3. The molecule has 0 aliphatic heterocycles. The number of fused-ring (bicyclic) bond motifs is 4. The molecule has 0 amide bonds. The Morgan fingerprint density at radius 3 is 1.58 bits per heavy atom. The van der Waals surface area contributed by atoms with E-state index in [1.54, 1.807) is 0 Å². The molecule has 0 aliphatic carbocycles. The lowest BCUT2D eigenvalue weighted by Crippen LogP contribution is -2.12. The average Bonchev–Trinajstić information content (AvgIpc) is 3.72. The summed E-state index contributed by atoms with van der Waals surface area (Å²) in [5.74, 6) is 0. The number of thiophene rings is 1. The zero-order chi connectivity index (χ0) is 41.4. The van der Waals surface area contributed by atoms with Crippen LogP contribution >= 0.6 is 24.0 Å². The fourth-order valence-corrected chi connectivity index (χ4v) is 10.3. The Morgan fingerprint density at radius 2 is 0.871 bits per heavy atom. The summed E-state index contributed by atoms with van der Waals surface area (Å²) in [6, 6.07) is 85.4. The van der Waals surface area contributed by atoms with E-state index in [-0.39, 0.29) is 0 Å². The van der Waals surface area contributed by atoms with Crippen molar-refractivity contribution in [1.82, 2.24) is 0 Å². The van der Waals surface area contributed by atoms with Crippen LogP contribution in [-0.4, -0.2) is 0 Å². The SMILES string of the molecule is Sc1ccccc1-c1cccc(N(c2ccccc2)c2cc3cc(N(c4ccccc4)c4cccc5c4sc4ccccc45)cc(-c4ccccc4)c3cc2-c2ccccc2)c1. The molecule has 10 aromatic carbocycles. The maximum atomic E-state index is 4.87. The molecule has 0 unspecified atom stereocenters. The van der Waals surface area contributed by atoms with E-state index < -0.39 is 0 Å². The number of benzene rings is 10. The van der Waals surface area contributed by atoms with Crippen molar-refractivity contribution >= 4 is 89.0 Å². The molecular weight excluding hydrogens is 789 g/mol. The molecule has 0 saturated carbocycles. The lowest BCUT2D eigenvalue weighted by molar-refractivity contribution is 1.28. The van der Waals surface area contributed by atoms with E-state index in [9.17, 15) is 0 Å². The van der Waals surface area contributed by atoms with Crippen molar-refractivity contribution in [1.29, 1.82) is 0 Å². The van der Waals surface area contributed by atoms with Crippen LogP contribution in [0.1, 0.15) is 0 Å². The Hall–Kier alpha value is -7.37. The smallest absolute Gasteiger partial charge is 0.0640 e. The molecular formula is C58H40N2S2. The second-order valence-corrected chi connectivity index (χ2v) is 17.0. The van der Waals surface area contributed by atoms with Gasteiger partial charge in [-0.25, -0.2) is 0 Å². The largest absolute Gasteiger partial charge is 0.310 e. The van der Waals surface area contributed by atoms with Gasteiger partial charge in [0.1, 0.15) is 0 Å². The van der Waals surface area contributed by atoms with Crippen LogP contribution < -0.4 is 9.80 Å². The Balaban J connectivity index is 1.22. The van der Waals surface area contributed by atoms with Crippen molar-refractivity contribution in [2.75, 3.05) is 9.80 Å². The molecule has 62 heavy (non-hydrogen) atoms. The molecule has 11 aromatic rings. The first-order chi connectivity index (χ1) is 30.7. The van der Waals surface area contributed by atoms with Crippen LogP contribution in [0.25, 0.3) is 64.3 Å². The van der Waals surface area contributed by atoms with Gasteiger partial charge in [-0.1, -0.05) is 158 Å². The van der Waals surface area contributed by atoms with E-state index >= 15 is 0 Å². The summed E-state index contributed by atoms with van der Waals surface area (Å²) in [5.41, 5.74) is 13.4. The third kappa shape index (κ3) is 6.90. The standard InChI is InChI=1S/C58H40N2S2/c61-56-33-15-13-29-48(56)42-23-17-28-46(35-42)59(44-24-9-3-10-25-44)55-37-43-36-47(38-51(40-19-5-1-6-20-40)52(43)39-53(55)41-21-7-2-8-22-41)60(45-26-11-4-12-27-45)54-32-18-31-50-49-30-14-16-34-57(49)62-58(50)54/h1-39,61H. The lowest BCUT2D eigenvalue weighted by Gasteiger charge is -2.30. The highest BCUT2D eigenvalue weighted by Crippen LogP contribution is 2.49. The van der Waals surface area contributed by atoms with E-state index in [0.717, 1.165) is 72.2 Å². The van der Waals surface area contributed by atoms with Gasteiger partial charge < -0.3 is 9.80 Å². The summed E-state index contributed by atoms with van der Waals surface area (Å²) >= 11 is 6.73. The minimum atomic E-state index is 0.946. The molecule has 0 N–H and O–H groups in total. The first-order valence-corrected chi connectivity index (χ1v) is 22.2. The van der Waals surface area contributed by atoms with Crippen LogP contribution in [-0.2, 0) is 0 Å². The second kappa shape index (κ2) is 16.2. The topological polar surface area (TPSA) is 6.48 Å². The van der Waals surface area contributed by atoms with Gasteiger partial charge >= 0.3 is 0 Å². The Morgan fingerprint density at radius 1 is 0.323 bits per heavy atom. The Kier molecular flexibility index (Phi) is 9.86. The second-order valence-electron chi connectivity index (χ2n) is 15.5. The number of para-hydroxylation sites is 2. The molecule has 1 aromatic heterocycles. The van der Waals surface area contributed by atoms with Crippen LogP contribution in [0.15, 0.2) is 241 Å². The van der Waals surface area contributed by atoms with Crippen LogP contribution in [0.3, 0.4) is 0 Å². The van der Waals surface area contributed by atoms with E-state index in [1.165, 1.54) is 31.1 Å². The van der Waals surface area contributed by atoms with Crippen molar-refractivity contribution in [2.24, 2.45) is 0 Å². The van der Waals surface area contributed by atoms with Gasteiger partial charge in [0.2, 0.25) is 0 Å². The zero-order valence-electron chi connectivity index (χ0n) is 33.8. The quantitative estimate of drug-likeness (QED) is 0.145. The number of hydrogen-bond acceptors (Lipinski definition) is 4. The van der Waals surface area contributed by atoms with E-state index in [1.807, 2.05) is 17.4 Å². The number of hydrogen-bond donors (Lipinski definition) is 1. The lowest BCUT2D eigenvalue weighted by atomic mass is 9.91. The third-order valence-electron chi connectivity index (χ3n) is 11.7. The van der Waals surface area contributed by atoms with Gasteiger partial charge in [0, 0.05) is 48.7 Å². The summed E-state index contributed by atoms with van der Waals surface area (Å²) in [6.07, 6.45) is 0. The number of thiol groups is 1. The molecule has 11 rings (SSSR count). The van der Waals surface area contributed by atoms with E-state index in [2.05, 4.69) is 240 Å². The number of rotatable bonds is 9. The summed E-state index contributed by atoms with van der Waals surface area (Å²) in [6.45, 7) is 0. The van der Waals surface area contributed by atoms with Gasteiger partial charge in [0.15, 0.2) is 0 Å².